The number of phenolic OH excluding ortho intramolecular Hbond substituents is 1. The van der Waals surface area contributed by atoms with Crippen molar-refractivity contribution in [3.05, 3.63) is 64.1 Å². The number of primary amides is 1. The van der Waals surface area contributed by atoms with E-state index in [9.17, 15) is 34.8 Å². The maximum atomic E-state index is 13.8. The number of pyridine rings is 1. The average molecular weight is 550 g/mol. The highest BCUT2D eigenvalue weighted by atomic mass is 16.3. The van der Waals surface area contributed by atoms with Crippen molar-refractivity contribution in [3.8, 4) is 17.0 Å². The number of ketones is 2. The first kappa shape index (κ1) is 29.0. The molecule has 40 heavy (non-hydrogen) atoms. The third kappa shape index (κ3) is 4.37. The summed E-state index contributed by atoms with van der Waals surface area (Å²) in [4.78, 5) is 42.7. The molecule has 0 bridgehead atoms. The highest BCUT2D eigenvalue weighted by Gasteiger charge is 2.60. The molecule has 0 unspecified atom stereocenters. The lowest BCUT2D eigenvalue weighted by molar-refractivity contribution is -0.147. The number of nitrogens with two attached hydrogens (primary N) is 1. The van der Waals surface area contributed by atoms with Crippen molar-refractivity contribution in [1.29, 1.82) is 0 Å². The molecule has 3 atom stereocenters. The summed E-state index contributed by atoms with van der Waals surface area (Å²) < 4.78 is 0. The zero-order valence-corrected chi connectivity index (χ0v) is 21.7. The summed E-state index contributed by atoms with van der Waals surface area (Å²) in [5.41, 5.74) is 4.13. The number of hydrogen-bond donors (Lipinski definition) is 6. The zero-order valence-electron chi connectivity index (χ0n) is 21.7. The number of carbonyl (C=O) groups is 3. The lowest BCUT2D eigenvalue weighted by Crippen LogP contribution is -2.58. The first-order valence-electron chi connectivity index (χ1n) is 12.9. The third-order valence-corrected chi connectivity index (χ3v) is 7.95. The number of carbonyl (C=O) groups excluding carboxylic acids is 3. The van der Waals surface area contributed by atoms with Gasteiger partial charge in [-0.3, -0.25) is 19.4 Å². The summed E-state index contributed by atoms with van der Waals surface area (Å²) in [5, 5.41) is 48.3. The number of aromatic hydroxyl groups is 1. The van der Waals surface area contributed by atoms with E-state index < -0.39 is 52.0 Å². The molecule has 0 spiro atoms. The fraction of sp³-hybridized carbons (Fsp3) is 0.400. The first-order chi connectivity index (χ1) is 18.5. The molecular weight excluding hydrogens is 514 g/mol. The van der Waals surface area contributed by atoms with E-state index in [1.54, 1.807) is 12.3 Å². The number of phenols is 1. The topological polar surface area (TPSA) is 183 Å². The maximum absolute atomic E-state index is 13.8. The van der Waals surface area contributed by atoms with Gasteiger partial charge in [0.2, 0.25) is 5.78 Å². The zero-order chi connectivity index (χ0) is 28.2. The quantitative estimate of drug-likeness (QED) is 0.295. The molecule has 3 aliphatic carbocycles. The van der Waals surface area contributed by atoms with Gasteiger partial charge in [0.15, 0.2) is 11.4 Å². The van der Waals surface area contributed by atoms with E-state index in [0.717, 1.165) is 0 Å². The Morgan fingerprint density at radius 3 is 2.55 bits per heavy atom. The van der Waals surface area contributed by atoms with E-state index in [1.807, 2.05) is 18.2 Å². The number of aliphatic hydroxyl groups excluding tert-OH is 2. The van der Waals surface area contributed by atoms with Crippen LogP contribution in [0.5, 0.6) is 5.75 Å². The molecule has 1 aromatic heterocycles. The summed E-state index contributed by atoms with van der Waals surface area (Å²) in [6, 6.07) is 7.23. The van der Waals surface area contributed by atoms with E-state index in [2.05, 4.69) is 24.1 Å². The summed E-state index contributed by atoms with van der Waals surface area (Å²) in [6.07, 6.45) is 1.57. The molecular formula is C30H35N3O7. The lowest BCUT2D eigenvalue weighted by atomic mass is 9.59. The molecule has 0 aliphatic heterocycles. The molecule has 1 fully saturated rings. The second-order valence-electron chi connectivity index (χ2n) is 10.9. The molecule has 1 amide bonds. The van der Waals surface area contributed by atoms with Crippen LogP contribution in [0.25, 0.3) is 17.0 Å². The van der Waals surface area contributed by atoms with Crippen LogP contribution < -0.4 is 11.1 Å². The summed E-state index contributed by atoms with van der Waals surface area (Å²) >= 11 is 0. The Bertz CT molecular complexity index is 1460. The smallest absolute Gasteiger partial charge is 0.255 e. The van der Waals surface area contributed by atoms with E-state index in [1.165, 1.54) is 0 Å². The van der Waals surface area contributed by atoms with Gasteiger partial charge in [-0.1, -0.05) is 27.3 Å². The van der Waals surface area contributed by atoms with Crippen LogP contribution in [0.1, 0.15) is 50.8 Å². The first-order valence-corrected chi connectivity index (χ1v) is 12.9. The summed E-state index contributed by atoms with van der Waals surface area (Å²) in [6.45, 7) is 5.07. The Morgan fingerprint density at radius 1 is 1.20 bits per heavy atom. The van der Waals surface area contributed by atoms with Crippen LogP contribution >= 0.6 is 0 Å². The predicted molar refractivity (Wildman–Crippen MR) is 148 cm³/mol. The van der Waals surface area contributed by atoms with Crippen molar-refractivity contribution in [3.63, 3.8) is 0 Å². The summed E-state index contributed by atoms with van der Waals surface area (Å²) in [7, 11) is 0. The highest BCUT2D eigenvalue weighted by Crippen LogP contribution is 2.53. The van der Waals surface area contributed by atoms with Crippen LogP contribution in [0.2, 0.25) is 0 Å². The number of aliphatic hydroxyl groups is 3. The van der Waals surface area contributed by atoms with Gasteiger partial charge in [0, 0.05) is 41.8 Å². The minimum atomic E-state index is -2.59. The van der Waals surface area contributed by atoms with Gasteiger partial charge in [0.1, 0.15) is 22.8 Å². The van der Waals surface area contributed by atoms with E-state index in [-0.39, 0.29) is 50.1 Å². The molecule has 1 saturated carbocycles. The van der Waals surface area contributed by atoms with Crippen LogP contribution in [0, 0.1) is 17.8 Å². The standard InChI is InChI=1S/C29H31N3O7.CH4/c1-13(2)11-31-12-15-9-17(19-5-3-4-6-32-19)18-8-14-7-16-10-20(33)23(28(30)38)27(37)29(16,39)26(36)21(14)25(35)22(18)24(15)34;/h3-6,9,13-14,16,31,34-35,37,39H,7-8,10-12H2,1-2H3,(H2,30,38);1H4/t14-,16+,29+;/m1./s1. The van der Waals surface area contributed by atoms with Gasteiger partial charge in [-0.15, -0.1) is 0 Å². The number of benzene rings is 1. The van der Waals surface area contributed by atoms with Crippen molar-refractivity contribution >= 4 is 23.2 Å². The number of rotatable bonds is 6. The van der Waals surface area contributed by atoms with Gasteiger partial charge in [-0.05, 0) is 55.0 Å². The minimum absolute atomic E-state index is 0. The van der Waals surface area contributed by atoms with Gasteiger partial charge in [-0.25, -0.2) is 0 Å². The molecule has 5 rings (SSSR count). The Labute approximate surface area is 232 Å². The SMILES string of the molecule is C.CC(C)CNCc1cc(-c2ccccn2)c2c(c1O)C(O)=C1C(=O)[C@]3(O)C(O)=C(C(N)=O)C(=O)C[C@@H]3C[C@@H]1C2. The van der Waals surface area contributed by atoms with Crippen molar-refractivity contribution in [2.24, 2.45) is 23.5 Å². The molecule has 0 radical (unpaired) electrons. The van der Waals surface area contributed by atoms with Gasteiger partial charge in [0.25, 0.3) is 5.91 Å². The molecule has 1 heterocycles. The van der Waals surface area contributed by atoms with Crippen molar-refractivity contribution < 1.29 is 34.8 Å². The molecule has 212 valence electrons. The van der Waals surface area contributed by atoms with Crippen LogP contribution in [0.15, 0.2) is 47.4 Å². The van der Waals surface area contributed by atoms with Crippen LogP contribution in [0.3, 0.4) is 0 Å². The van der Waals surface area contributed by atoms with Crippen molar-refractivity contribution in [1.82, 2.24) is 10.3 Å². The third-order valence-electron chi connectivity index (χ3n) is 7.95. The second-order valence-corrected chi connectivity index (χ2v) is 10.9. The monoisotopic (exact) mass is 549 g/mol. The molecule has 3 aliphatic rings. The normalized spacial score (nSPS) is 23.9. The molecule has 7 N–H and O–H groups in total. The fourth-order valence-corrected chi connectivity index (χ4v) is 6.13. The number of aromatic nitrogens is 1. The largest absolute Gasteiger partial charge is 0.508 e. The van der Waals surface area contributed by atoms with E-state index in [4.69, 9.17) is 5.73 Å². The van der Waals surface area contributed by atoms with Gasteiger partial charge < -0.3 is 31.5 Å². The fourth-order valence-electron chi connectivity index (χ4n) is 6.13. The Morgan fingerprint density at radius 2 is 1.93 bits per heavy atom. The number of nitrogens with zero attached hydrogens (tertiary/aromatic N) is 1. The molecule has 2 aromatic rings. The number of Topliss-reactive ketones (excluding diaryl/α,β-unsaturated/α-hetero) is 2. The molecule has 10 heteroatoms. The molecule has 0 saturated heterocycles. The highest BCUT2D eigenvalue weighted by molar-refractivity contribution is 6.22. The number of nitrogens with one attached hydrogen (secondary N) is 1. The van der Waals surface area contributed by atoms with Gasteiger partial charge in [0.05, 0.1) is 11.3 Å². The molecule has 10 nitrogen and oxygen atoms in total. The average Bonchev–Trinajstić information content (AvgIpc) is 2.87. The van der Waals surface area contributed by atoms with Gasteiger partial charge >= 0.3 is 0 Å². The molecule has 1 aromatic carbocycles. The van der Waals surface area contributed by atoms with Crippen LogP contribution in [0.4, 0.5) is 0 Å². The summed E-state index contributed by atoms with van der Waals surface area (Å²) in [5.74, 6) is -6.09. The minimum Gasteiger partial charge on any atom is -0.508 e. The van der Waals surface area contributed by atoms with E-state index in [0.29, 0.717) is 34.8 Å². The second kappa shape index (κ2) is 10.5. The number of hydrogen-bond acceptors (Lipinski definition) is 9. The van der Waals surface area contributed by atoms with Gasteiger partial charge in [-0.2, -0.15) is 0 Å². The Hall–Kier alpha value is -4.02. The maximum Gasteiger partial charge on any atom is 0.255 e. The van der Waals surface area contributed by atoms with Crippen LogP contribution in [-0.4, -0.2) is 55.0 Å². The Kier molecular flexibility index (Phi) is 7.62. The lowest BCUT2D eigenvalue weighted by Gasteiger charge is -2.46. The van der Waals surface area contributed by atoms with Crippen molar-refractivity contribution in [2.45, 2.75) is 52.7 Å². The van der Waals surface area contributed by atoms with E-state index >= 15 is 0 Å². The van der Waals surface area contributed by atoms with Crippen LogP contribution in [-0.2, 0) is 27.3 Å². The number of fused-ring (bicyclic) bond motifs is 3. The Balaban J connectivity index is 0.00000370. The predicted octanol–water partition coefficient (Wildman–Crippen LogP) is 2.87. The number of amides is 1. The van der Waals surface area contributed by atoms with Crippen molar-refractivity contribution in [2.75, 3.05) is 6.54 Å².